The number of thiophene rings is 1. The maximum Gasteiger partial charge on any atom is 0.239 e. The molecule has 2 N–H and O–H groups in total. The van der Waals surface area contributed by atoms with Crippen LogP contribution in [0.15, 0.2) is 17.1 Å². The monoisotopic (exact) mass is 270 g/mol. The van der Waals surface area contributed by atoms with Gasteiger partial charge < -0.3 is 5.73 Å². The SMILES string of the molecule is CN1C(N)=N[C@H](c2ccc(C#N)s2)CS1(=O)=O. The average molecular weight is 270 g/mol. The van der Waals surface area contributed by atoms with Gasteiger partial charge in [-0.15, -0.1) is 11.3 Å². The number of hydrogen-bond acceptors (Lipinski definition) is 6. The highest BCUT2D eigenvalue weighted by Gasteiger charge is 2.31. The highest BCUT2D eigenvalue weighted by molar-refractivity contribution is 7.89. The summed E-state index contributed by atoms with van der Waals surface area (Å²) in [4.78, 5) is 5.39. The molecule has 1 atom stereocenters. The molecule has 0 fully saturated rings. The molecular weight excluding hydrogens is 260 g/mol. The summed E-state index contributed by atoms with van der Waals surface area (Å²) in [6, 6.07) is 4.86. The lowest BCUT2D eigenvalue weighted by Crippen LogP contribution is -2.44. The van der Waals surface area contributed by atoms with Crippen molar-refractivity contribution in [1.29, 1.82) is 5.26 Å². The Balaban J connectivity index is 2.39. The van der Waals surface area contributed by atoms with Gasteiger partial charge in [-0.25, -0.2) is 17.7 Å². The van der Waals surface area contributed by atoms with E-state index in [-0.39, 0.29) is 11.7 Å². The summed E-state index contributed by atoms with van der Waals surface area (Å²) >= 11 is 1.24. The Morgan fingerprint density at radius 3 is 2.88 bits per heavy atom. The predicted molar refractivity (Wildman–Crippen MR) is 64.9 cm³/mol. The summed E-state index contributed by atoms with van der Waals surface area (Å²) in [6.07, 6.45) is 0. The Hall–Kier alpha value is -1.59. The smallest absolute Gasteiger partial charge is 0.239 e. The maximum atomic E-state index is 11.8. The Morgan fingerprint density at radius 2 is 2.35 bits per heavy atom. The molecule has 0 bridgehead atoms. The van der Waals surface area contributed by atoms with Gasteiger partial charge in [-0.3, -0.25) is 0 Å². The zero-order chi connectivity index (χ0) is 12.6. The highest BCUT2D eigenvalue weighted by atomic mass is 32.2. The molecule has 90 valence electrons. The Kier molecular flexibility index (Phi) is 2.81. The van der Waals surface area contributed by atoms with Crippen LogP contribution in [0, 0.1) is 11.3 Å². The van der Waals surface area contributed by atoms with Crippen molar-refractivity contribution >= 4 is 27.3 Å². The number of nitrogens with two attached hydrogens (primary N) is 1. The van der Waals surface area contributed by atoms with Gasteiger partial charge in [0.05, 0.1) is 5.75 Å². The first kappa shape index (κ1) is 11.9. The molecule has 0 radical (unpaired) electrons. The first-order valence-electron chi connectivity index (χ1n) is 4.74. The van der Waals surface area contributed by atoms with Crippen LogP contribution >= 0.6 is 11.3 Å². The van der Waals surface area contributed by atoms with Crippen LogP contribution in [0.4, 0.5) is 0 Å². The van der Waals surface area contributed by atoms with Crippen LogP contribution in [0.5, 0.6) is 0 Å². The minimum Gasteiger partial charge on any atom is -0.369 e. The summed E-state index contributed by atoms with van der Waals surface area (Å²) < 4.78 is 24.5. The minimum absolute atomic E-state index is 0.0202. The summed E-state index contributed by atoms with van der Waals surface area (Å²) in [5, 5.41) is 8.72. The van der Waals surface area contributed by atoms with Crippen molar-refractivity contribution in [2.75, 3.05) is 12.8 Å². The van der Waals surface area contributed by atoms with E-state index >= 15 is 0 Å². The van der Waals surface area contributed by atoms with Gasteiger partial charge in [0.15, 0.2) is 0 Å². The van der Waals surface area contributed by atoms with Gasteiger partial charge in [0, 0.05) is 11.9 Å². The third-order valence-corrected chi connectivity index (χ3v) is 5.31. The highest BCUT2D eigenvalue weighted by Crippen LogP contribution is 2.29. The third kappa shape index (κ3) is 2.11. The summed E-state index contributed by atoms with van der Waals surface area (Å²) in [6.45, 7) is 0. The Labute approximate surface area is 103 Å². The van der Waals surface area contributed by atoms with Crippen LogP contribution in [0.2, 0.25) is 0 Å². The molecule has 2 rings (SSSR count). The molecule has 1 aromatic rings. The fourth-order valence-corrected chi connectivity index (χ4v) is 3.63. The zero-order valence-corrected chi connectivity index (χ0v) is 10.6. The van der Waals surface area contributed by atoms with Crippen molar-refractivity contribution in [3.8, 4) is 6.07 Å². The Morgan fingerprint density at radius 1 is 1.65 bits per heavy atom. The molecule has 2 heterocycles. The first-order valence-corrected chi connectivity index (χ1v) is 7.16. The number of sulfonamides is 1. The van der Waals surface area contributed by atoms with Crippen LogP contribution in [0.3, 0.4) is 0 Å². The zero-order valence-electron chi connectivity index (χ0n) is 8.99. The topological polar surface area (TPSA) is 99.5 Å². The van der Waals surface area contributed by atoms with E-state index < -0.39 is 16.1 Å². The summed E-state index contributed by atoms with van der Waals surface area (Å²) in [7, 11) is -2.03. The fourth-order valence-electron chi connectivity index (χ4n) is 1.47. The number of hydrogen-bond donors (Lipinski definition) is 1. The van der Waals surface area contributed by atoms with Gasteiger partial charge in [-0.1, -0.05) is 0 Å². The number of nitriles is 1. The number of guanidine groups is 1. The molecule has 1 aliphatic rings. The van der Waals surface area contributed by atoms with Crippen molar-refractivity contribution in [3.05, 3.63) is 21.9 Å². The average Bonchev–Trinajstić information content (AvgIpc) is 2.73. The molecule has 17 heavy (non-hydrogen) atoms. The standard InChI is InChI=1S/C9H10N4O2S2/c1-13-9(11)12-7(5-17(13,14)15)8-3-2-6(4-10)16-8/h2-3,7H,5H2,1H3,(H2,11,12)/t7-/m0/s1. The molecule has 0 saturated heterocycles. The van der Waals surface area contributed by atoms with Gasteiger partial charge in [-0.2, -0.15) is 5.26 Å². The van der Waals surface area contributed by atoms with E-state index in [4.69, 9.17) is 11.0 Å². The molecule has 0 amide bonds. The van der Waals surface area contributed by atoms with Gasteiger partial charge in [0.25, 0.3) is 0 Å². The molecule has 6 nitrogen and oxygen atoms in total. The predicted octanol–water partition coefficient (Wildman–Crippen LogP) is 0.251. The van der Waals surface area contributed by atoms with Crippen molar-refractivity contribution < 1.29 is 8.42 Å². The second-order valence-electron chi connectivity index (χ2n) is 3.56. The van der Waals surface area contributed by atoms with Gasteiger partial charge >= 0.3 is 0 Å². The maximum absolute atomic E-state index is 11.8. The van der Waals surface area contributed by atoms with Crippen LogP contribution in [0.25, 0.3) is 0 Å². The van der Waals surface area contributed by atoms with Gasteiger partial charge in [0.1, 0.15) is 17.0 Å². The molecule has 0 spiro atoms. The number of nitrogens with zero attached hydrogens (tertiary/aromatic N) is 3. The van der Waals surface area contributed by atoms with E-state index in [1.807, 2.05) is 6.07 Å². The molecule has 0 aromatic carbocycles. The Bertz CT molecular complexity index is 611. The second kappa shape index (κ2) is 4.01. The molecule has 1 aromatic heterocycles. The first-order chi connectivity index (χ1) is 7.94. The summed E-state index contributed by atoms with van der Waals surface area (Å²) in [5.41, 5.74) is 5.56. The van der Waals surface area contributed by atoms with E-state index in [1.165, 1.54) is 18.4 Å². The number of rotatable bonds is 1. The van der Waals surface area contributed by atoms with Crippen molar-refractivity contribution in [2.45, 2.75) is 6.04 Å². The largest absolute Gasteiger partial charge is 0.369 e. The molecular formula is C9H10N4O2S2. The molecule has 0 saturated carbocycles. The third-order valence-electron chi connectivity index (χ3n) is 2.46. The van der Waals surface area contributed by atoms with Crippen LogP contribution in [-0.4, -0.2) is 31.5 Å². The van der Waals surface area contributed by atoms with Crippen LogP contribution < -0.4 is 5.73 Å². The molecule has 1 aliphatic heterocycles. The quantitative estimate of drug-likeness (QED) is 0.790. The normalized spacial score (nSPS) is 22.9. The van der Waals surface area contributed by atoms with E-state index in [0.717, 1.165) is 9.18 Å². The minimum atomic E-state index is -3.40. The van der Waals surface area contributed by atoms with Crippen molar-refractivity contribution in [3.63, 3.8) is 0 Å². The van der Waals surface area contributed by atoms with Crippen LogP contribution in [0.1, 0.15) is 15.8 Å². The lowest BCUT2D eigenvalue weighted by atomic mass is 10.3. The van der Waals surface area contributed by atoms with Crippen LogP contribution in [-0.2, 0) is 10.0 Å². The molecule has 0 aliphatic carbocycles. The van der Waals surface area contributed by atoms with Crippen molar-refractivity contribution in [2.24, 2.45) is 10.7 Å². The lowest BCUT2D eigenvalue weighted by molar-refractivity contribution is 0.532. The van der Waals surface area contributed by atoms with E-state index in [1.54, 1.807) is 12.1 Å². The van der Waals surface area contributed by atoms with E-state index in [0.29, 0.717) is 4.88 Å². The molecule has 0 unspecified atom stereocenters. The van der Waals surface area contributed by atoms with Gasteiger partial charge in [0.2, 0.25) is 16.0 Å². The summed E-state index contributed by atoms with van der Waals surface area (Å²) in [5.74, 6) is -0.136. The van der Waals surface area contributed by atoms with Gasteiger partial charge in [-0.05, 0) is 12.1 Å². The lowest BCUT2D eigenvalue weighted by Gasteiger charge is -2.26. The fraction of sp³-hybridized carbons (Fsp3) is 0.333. The molecule has 8 heteroatoms. The van der Waals surface area contributed by atoms with Crippen molar-refractivity contribution in [1.82, 2.24) is 4.31 Å². The second-order valence-corrected chi connectivity index (χ2v) is 6.72. The van der Waals surface area contributed by atoms with E-state index in [9.17, 15) is 8.42 Å². The van der Waals surface area contributed by atoms with E-state index in [2.05, 4.69) is 4.99 Å². The number of aliphatic imine (C=N–C) groups is 1.